The van der Waals surface area contributed by atoms with Gasteiger partial charge in [0.25, 0.3) is 0 Å². The highest BCUT2D eigenvalue weighted by molar-refractivity contribution is 7.99. The Morgan fingerprint density at radius 1 is 0.909 bits per heavy atom. The van der Waals surface area contributed by atoms with Gasteiger partial charge in [-0.25, -0.2) is 0 Å². The maximum absolute atomic E-state index is 13.4. The molecule has 0 aromatic heterocycles. The lowest BCUT2D eigenvalue weighted by Crippen LogP contribution is -2.50. The van der Waals surface area contributed by atoms with Gasteiger partial charge < -0.3 is 10.2 Å². The highest BCUT2D eigenvalue weighted by Gasteiger charge is 2.30. The lowest BCUT2D eigenvalue weighted by molar-refractivity contribution is -0.139. The van der Waals surface area contributed by atoms with E-state index in [4.69, 9.17) is 23.2 Å². The average Bonchev–Trinajstić information content (AvgIpc) is 2.83. The molecule has 0 spiro atoms. The normalized spacial score (nSPS) is 11.6. The maximum atomic E-state index is 13.4. The molecular formula is C26H26Cl2N2O2S. The first-order valence-corrected chi connectivity index (χ1v) is 12.5. The summed E-state index contributed by atoms with van der Waals surface area (Å²) in [6.07, 6.45) is 0.415. The topological polar surface area (TPSA) is 49.4 Å². The molecular weight excluding hydrogens is 475 g/mol. The van der Waals surface area contributed by atoms with Crippen LogP contribution < -0.4 is 5.32 Å². The van der Waals surface area contributed by atoms with Crippen LogP contribution in [-0.4, -0.2) is 35.6 Å². The van der Waals surface area contributed by atoms with Crippen LogP contribution in [0.2, 0.25) is 10.0 Å². The minimum absolute atomic E-state index is 0.113. The molecule has 0 bridgehead atoms. The summed E-state index contributed by atoms with van der Waals surface area (Å²) >= 11 is 13.9. The fourth-order valence-electron chi connectivity index (χ4n) is 3.45. The van der Waals surface area contributed by atoms with Crippen LogP contribution in [0.4, 0.5) is 0 Å². The minimum Gasteiger partial charge on any atom is -0.357 e. The Bertz CT molecular complexity index is 1060. The Balaban J connectivity index is 1.81. The predicted molar refractivity (Wildman–Crippen MR) is 138 cm³/mol. The van der Waals surface area contributed by atoms with Crippen molar-refractivity contribution in [3.63, 3.8) is 0 Å². The van der Waals surface area contributed by atoms with Crippen molar-refractivity contribution < 1.29 is 9.59 Å². The number of amides is 2. The second-order valence-electron chi connectivity index (χ2n) is 7.55. The van der Waals surface area contributed by atoms with E-state index in [9.17, 15) is 9.59 Å². The highest BCUT2D eigenvalue weighted by Crippen LogP contribution is 2.22. The number of hydrogen-bond donors (Lipinski definition) is 1. The van der Waals surface area contributed by atoms with Crippen LogP contribution in [0.5, 0.6) is 0 Å². The number of rotatable bonds is 10. The van der Waals surface area contributed by atoms with Gasteiger partial charge in [0.05, 0.1) is 5.75 Å². The van der Waals surface area contributed by atoms with Gasteiger partial charge in [0.1, 0.15) is 6.04 Å². The van der Waals surface area contributed by atoms with E-state index < -0.39 is 6.04 Å². The predicted octanol–water partition coefficient (Wildman–Crippen LogP) is 5.61. The summed E-state index contributed by atoms with van der Waals surface area (Å²) in [5.74, 6) is 0.599. The average molecular weight is 501 g/mol. The third-order valence-corrected chi connectivity index (χ3v) is 6.83. The molecule has 0 aliphatic carbocycles. The van der Waals surface area contributed by atoms with Gasteiger partial charge in [-0.2, -0.15) is 0 Å². The maximum Gasteiger partial charge on any atom is 0.242 e. The van der Waals surface area contributed by atoms with Crippen molar-refractivity contribution in [3.8, 4) is 0 Å². The van der Waals surface area contributed by atoms with E-state index in [1.54, 1.807) is 18.0 Å². The van der Waals surface area contributed by atoms with Crippen molar-refractivity contribution in [1.82, 2.24) is 10.2 Å². The molecule has 0 saturated heterocycles. The van der Waals surface area contributed by atoms with E-state index in [0.29, 0.717) is 22.2 Å². The number of hydrogen-bond acceptors (Lipinski definition) is 3. The zero-order chi connectivity index (χ0) is 23.6. The molecule has 4 nitrogen and oxygen atoms in total. The number of nitrogens with one attached hydrogen (secondary N) is 1. The molecule has 33 heavy (non-hydrogen) atoms. The standard InChI is InChI=1S/C26H26Cl2N2O2S/c1-29-26(32)24(15-19-7-3-2-4-8-19)30(16-21-9-5-6-10-23(21)28)25(31)18-33-17-20-11-13-22(27)14-12-20/h2-14,24H,15-18H2,1H3,(H,29,32)/t24-/m0/s1. The SMILES string of the molecule is CNC(=O)[C@H](Cc1ccccc1)N(Cc1ccccc1Cl)C(=O)CSCc1ccc(Cl)cc1. The number of carbonyl (C=O) groups excluding carboxylic acids is 2. The summed E-state index contributed by atoms with van der Waals surface area (Å²) in [6, 6.07) is 24.0. The zero-order valence-electron chi connectivity index (χ0n) is 18.3. The van der Waals surface area contributed by atoms with Crippen molar-refractivity contribution >= 4 is 46.8 Å². The number of thioether (sulfide) groups is 1. The van der Waals surface area contributed by atoms with Gasteiger partial charge >= 0.3 is 0 Å². The van der Waals surface area contributed by atoms with E-state index in [1.807, 2.05) is 72.8 Å². The number of nitrogens with zero attached hydrogens (tertiary/aromatic N) is 1. The van der Waals surface area contributed by atoms with Crippen LogP contribution in [0.3, 0.4) is 0 Å². The molecule has 0 aliphatic rings. The summed E-state index contributed by atoms with van der Waals surface area (Å²) in [5.41, 5.74) is 2.87. The molecule has 0 unspecified atom stereocenters. The van der Waals surface area contributed by atoms with Gasteiger partial charge in [-0.15, -0.1) is 11.8 Å². The first kappa shape index (κ1) is 25.2. The first-order chi connectivity index (χ1) is 16.0. The van der Waals surface area contributed by atoms with Crippen molar-refractivity contribution in [1.29, 1.82) is 0 Å². The van der Waals surface area contributed by atoms with E-state index in [1.165, 1.54) is 11.8 Å². The van der Waals surface area contributed by atoms with Crippen LogP contribution in [0.1, 0.15) is 16.7 Å². The van der Waals surface area contributed by atoms with E-state index in [0.717, 1.165) is 16.7 Å². The van der Waals surface area contributed by atoms with Crippen LogP contribution in [0.25, 0.3) is 0 Å². The quantitative estimate of drug-likeness (QED) is 0.393. The zero-order valence-corrected chi connectivity index (χ0v) is 20.7. The summed E-state index contributed by atoms with van der Waals surface area (Å²) < 4.78 is 0. The molecule has 2 amide bonds. The van der Waals surface area contributed by atoms with Gasteiger partial charge in [0, 0.05) is 35.8 Å². The highest BCUT2D eigenvalue weighted by atomic mass is 35.5. The van der Waals surface area contributed by atoms with Crippen molar-refractivity contribution in [2.24, 2.45) is 0 Å². The Morgan fingerprint density at radius 3 is 2.24 bits per heavy atom. The molecule has 0 radical (unpaired) electrons. The molecule has 1 atom stereocenters. The smallest absolute Gasteiger partial charge is 0.242 e. The Labute approximate surface area is 209 Å². The fraction of sp³-hybridized carbons (Fsp3) is 0.231. The van der Waals surface area contributed by atoms with E-state index in [2.05, 4.69) is 5.32 Å². The Kier molecular flexibility index (Phi) is 9.67. The van der Waals surface area contributed by atoms with Gasteiger partial charge in [0.15, 0.2) is 0 Å². The Hall–Kier alpha value is -2.47. The summed E-state index contributed by atoms with van der Waals surface area (Å²) in [5, 5.41) is 3.97. The first-order valence-electron chi connectivity index (χ1n) is 10.6. The number of halogens is 2. The number of carbonyl (C=O) groups is 2. The molecule has 0 fully saturated rings. The summed E-state index contributed by atoms with van der Waals surface area (Å²) in [4.78, 5) is 28.0. The lowest BCUT2D eigenvalue weighted by Gasteiger charge is -2.31. The molecule has 7 heteroatoms. The summed E-state index contributed by atoms with van der Waals surface area (Å²) in [7, 11) is 1.59. The number of likely N-dealkylation sites (N-methyl/N-ethyl adjacent to an activating group) is 1. The molecule has 1 N–H and O–H groups in total. The molecule has 0 heterocycles. The van der Waals surface area contributed by atoms with Gasteiger partial charge in [-0.05, 0) is 34.9 Å². The van der Waals surface area contributed by atoms with Gasteiger partial charge in [-0.3, -0.25) is 9.59 Å². The molecule has 0 aliphatic heterocycles. The summed E-state index contributed by atoms with van der Waals surface area (Å²) in [6.45, 7) is 0.255. The molecule has 172 valence electrons. The second-order valence-corrected chi connectivity index (χ2v) is 9.38. The molecule has 0 saturated carbocycles. The Morgan fingerprint density at radius 2 is 1.58 bits per heavy atom. The van der Waals surface area contributed by atoms with Gasteiger partial charge in [-0.1, -0.05) is 83.9 Å². The molecule has 3 rings (SSSR count). The lowest BCUT2D eigenvalue weighted by atomic mass is 10.0. The van der Waals surface area contributed by atoms with Crippen LogP contribution in [0.15, 0.2) is 78.9 Å². The van der Waals surface area contributed by atoms with Gasteiger partial charge in [0.2, 0.25) is 11.8 Å². The van der Waals surface area contributed by atoms with Crippen LogP contribution in [-0.2, 0) is 28.3 Å². The van der Waals surface area contributed by atoms with Crippen LogP contribution >= 0.6 is 35.0 Å². The van der Waals surface area contributed by atoms with E-state index in [-0.39, 0.29) is 24.1 Å². The monoisotopic (exact) mass is 500 g/mol. The number of benzene rings is 3. The second kappa shape index (κ2) is 12.7. The van der Waals surface area contributed by atoms with Crippen molar-refractivity contribution in [3.05, 3.63) is 106 Å². The third kappa shape index (κ3) is 7.53. The largest absolute Gasteiger partial charge is 0.357 e. The van der Waals surface area contributed by atoms with E-state index >= 15 is 0 Å². The molecule has 3 aromatic rings. The van der Waals surface area contributed by atoms with Crippen molar-refractivity contribution in [2.75, 3.05) is 12.8 Å². The molecule has 3 aromatic carbocycles. The third-order valence-electron chi connectivity index (χ3n) is 5.22. The minimum atomic E-state index is -0.655. The fourth-order valence-corrected chi connectivity index (χ4v) is 4.64. The van der Waals surface area contributed by atoms with Crippen LogP contribution in [0, 0.1) is 0 Å². The van der Waals surface area contributed by atoms with Crippen molar-refractivity contribution in [2.45, 2.75) is 24.8 Å².